The highest BCUT2D eigenvalue weighted by Gasteiger charge is 2.13. The lowest BCUT2D eigenvalue weighted by Crippen LogP contribution is -2.18. The summed E-state index contributed by atoms with van der Waals surface area (Å²) in [5, 5.41) is 3.32. The first-order valence-corrected chi connectivity index (χ1v) is 7.07. The predicted molar refractivity (Wildman–Crippen MR) is 83.9 cm³/mol. The van der Waals surface area contributed by atoms with Crippen molar-refractivity contribution in [3.05, 3.63) is 53.9 Å². The molecule has 1 atom stereocenters. The summed E-state index contributed by atoms with van der Waals surface area (Å²) in [4.78, 5) is 4.28. The molecule has 1 N–H and O–H groups in total. The summed E-state index contributed by atoms with van der Waals surface area (Å²) in [6.07, 6.45) is 3.74. The van der Waals surface area contributed by atoms with Crippen molar-refractivity contribution < 1.29 is 9.47 Å². The van der Waals surface area contributed by atoms with Crippen LogP contribution in [0.4, 0.5) is 0 Å². The topological polar surface area (TPSA) is 43.4 Å². The van der Waals surface area contributed by atoms with Gasteiger partial charge in [-0.15, -0.1) is 0 Å². The zero-order valence-electron chi connectivity index (χ0n) is 13.0. The second-order valence-corrected chi connectivity index (χ2v) is 5.12. The fourth-order valence-corrected chi connectivity index (χ4v) is 2.25. The van der Waals surface area contributed by atoms with E-state index in [1.165, 1.54) is 0 Å². The van der Waals surface area contributed by atoms with Crippen molar-refractivity contribution in [2.75, 3.05) is 14.2 Å². The minimum atomic E-state index is 0.0686. The largest absolute Gasteiger partial charge is 0.497 e. The third-order valence-corrected chi connectivity index (χ3v) is 3.18. The Hall–Kier alpha value is -2.07. The Morgan fingerprint density at radius 2 is 1.71 bits per heavy atom. The van der Waals surface area contributed by atoms with Crippen LogP contribution in [-0.4, -0.2) is 25.2 Å². The number of ether oxygens (including phenoxy) is 2. The fraction of sp³-hybridized carbons (Fsp3) is 0.353. The Bertz CT molecular complexity index is 567. The molecule has 0 amide bonds. The summed E-state index contributed by atoms with van der Waals surface area (Å²) in [6.45, 7) is 4.01. The van der Waals surface area contributed by atoms with Crippen molar-refractivity contribution in [1.82, 2.24) is 10.3 Å². The molecule has 0 saturated carbocycles. The second-order valence-electron chi connectivity index (χ2n) is 5.12. The van der Waals surface area contributed by atoms with Crippen LogP contribution in [0.2, 0.25) is 0 Å². The summed E-state index contributed by atoms with van der Waals surface area (Å²) < 4.78 is 10.9. The minimum absolute atomic E-state index is 0.0686. The van der Waals surface area contributed by atoms with Gasteiger partial charge in [-0.2, -0.15) is 0 Å². The van der Waals surface area contributed by atoms with Gasteiger partial charge >= 0.3 is 0 Å². The molecule has 2 rings (SSSR count). The molecule has 0 saturated heterocycles. The smallest absolute Gasteiger partial charge is 0.138 e. The molecule has 0 aliphatic heterocycles. The van der Waals surface area contributed by atoms with E-state index < -0.39 is 0 Å². The summed E-state index contributed by atoms with van der Waals surface area (Å²) in [5.41, 5.74) is 2.22. The van der Waals surface area contributed by atoms with Crippen LogP contribution in [0.3, 0.4) is 0 Å². The number of benzene rings is 1. The monoisotopic (exact) mass is 286 g/mol. The van der Waals surface area contributed by atoms with Gasteiger partial charge < -0.3 is 14.8 Å². The standard InChI is InChI=1S/C17H22N2O2/c1-12(2)21-16-9-14(10-19-11-16)17(18-3)13-5-7-15(20-4)8-6-13/h5-12,17-18H,1-4H3. The molecule has 1 aromatic carbocycles. The van der Waals surface area contributed by atoms with Crippen LogP contribution in [0, 0.1) is 0 Å². The Balaban J connectivity index is 2.27. The zero-order valence-corrected chi connectivity index (χ0v) is 13.0. The van der Waals surface area contributed by atoms with Gasteiger partial charge in [0.25, 0.3) is 0 Å². The molecule has 1 unspecified atom stereocenters. The maximum Gasteiger partial charge on any atom is 0.138 e. The average Bonchev–Trinajstić information content (AvgIpc) is 2.48. The Morgan fingerprint density at radius 1 is 1.00 bits per heavy atom. The fourth-order valence-electron chi connectivity index (χ4n) is 2.25. The van der Waals surface area contributed by atoms with E-state index in [-0.39, 0.29) is 12.1 Å². The molecule has 4 heteroatoms. The Morgan fingerprint density at radius 3 is 2.29 bits per heavy atom. The van der Waals surface area contributed by atoms with Crippen molar-refractivity contribution in [2.45, 2.75) is 26.0 Å². The van der Waals surface area contributed by atoms with E-state index in [1.807, 2.05) is 45.3 Å². The molecule has 0 radical (unpaired) electrons. The van der Waals surface area contributed by atoms with Crippen LogP contribution in [0.25, 0.3) is 0 Å². The quantitative estimate of drug-likeness (QED) is 0.885. The van der Waals surface area contributed by atoms with Crippen LogP contribution in [0.15, 0.2) is 42.7 Å². The molecule has 0 bridgehead atoms. The van der Waals surface area contributed by atoms with Crippen LogP contribution < -0.4 is 14.8 Å². The van der Waals surface area contributed by atoms with Gasteiger partial charge in [0.05, 0.1) is 25.5 Å². The maximum atomic E-state index is 5.71. The average molecular weight is 286 g/mol. The van der Waals surface area contributed by atoms with Crippen molar-refractivity contribution in [3.8, 4) is 11.5 Å². The van der Waals surface area contributed by atoms with Gasteiger partial charge in [-0.25, -0.2) is 0 Å². The molecule has 1 aromatic heterocycles. The van der Waals surface area contributed by atoms with Crippen LogP contribution in [-0.2, 0) is 0 Å². The molecule has 2 aromatic rings. The van der Waals surface area contributed by atoms with Gasteiger partial charge in [0.2, 0.25) is 0 Å². The van der Waals surface area contributed by atoms with Gasteiger partial charge in [0.15, 0.2) is 0 Å². The number of aromatic nitrogens is 1. The van der Waals surface area contributed by atoms with Gasteiger partial charge in [0.1, 0.15) is 11.5 Å². The molecule has 0 fully saturated rings. The minimum Gasteiger partial charge on any atom is -0.497 e. The van der Waals surface area contributed by atoms with E-state index in [0.29, 0.717) is 0 Å². The number of hydrogen-bond donors (Lipinski definition) is 1. The van der Waals surface area contributed by atoms with E-state index in [0.717, 1.165) is 22.6 Å². The summed E-state index contributed by atoms with van der Waals surface area (Å²) >= 11 is 0. The molecular weight excluding hydrogens is 264 g/mol. The second kappa shape index (κ2) is 7.09. The van der Waals surface area contributed by atoms with Gasteiger partial charge in [-0.3, -0.25) is 4.98 Å². The maximum absolute atomic E-state index is 5.71. The molecule has 112 valence electrons. The molecule has 1 heterocycles. The highest BCUT2D eigenvalue weighted by molar-refractivity contribution is 5.36. The summed E-state index contributed by atoms with van der Waals surface area (Å²) in [6, 6.07) is 10.1. The Kier molecular flexibility index (Phi) is 5.17. The van der Waals surface area contributed by atoms with Crippen molar-refractivity contribution >= 4 is 0 Å². The number of pyridine rings is 1. The van der Waals surface area contributed by atoms with E-state index in [9.17, 15) is 0 Å². The lowest BCUT2D eigenvalue weighted by atomic mass is 10.00. The number of nitrogens with one attached hydrogen (secondary N) is 1. The van der Waals surface area contributed by atoms with Crippen molar-refractivity contribution in [1.29, 1.82) is 0 Å². The molecular formula is C17H22N2O2. The lowest BCUT2D eigenvalue weighted by Gasteiger charge is -2.18. The van der Waals surface area contributed by atoms with Crippen LogP contribution >= 0.6 is 0 Å². The molecule has 0 spiro atoms. The third kappa shape index (κ3) is 3.95. The van der Waals surface area contributed by atoms with Gasteiger partial charge in [-0.1, -0.05) is 12.1 Å². The van der Waals surface area contributed by atoms with Crippen molar-refractivity contribution in [3.63, 3.8) is 0 Å². The van der Waals surface area contributed by atoms with Crippen LogP contribution in [0.5, 0.6) is 11.5 Å². The number of rotatable bonds is 6. The predicted octanol–water partition coefficient (Wildman–Crippen LogP) is 3.19. The molecule has 0 aliphatic carbocycles. The van der Waals surface area contributed by atoms with E-state index in [2.05, 4.69) is 22.4 Å². The van der Waals surface area contributed by atoms with E-state index >= 15 is 0 Å². The normalized spacial score (nSPS) is 12.2. The molecule has 21 heavy (non-hydrogen) atoms. The van der Waals surface area contributed by atoms with Crippen molar-refractivity contribution in [2.24, 2.45) is 0 Å². The van der Waals surface area contributed by atoms with E-state index in [1.54, 1.807) is 13.3 Å². The molecule has 4 nitrogen and oxygen atoms in total. The number of nitrogens with zero attached hydrogens (tertiary/aromatic N) is 1. The summed E-state index contributed by atoms with van der Waals surface area (Å²) in [5.74, 6) is 1.64. The highest BCUT2D eigenvalue weighted by Crippen LogP contribution is 2.25. The molecule has 0 aliphatic rings. The van der Waals surface area contributed by atoms with Gasteiger partial charge in [0, 0.05) is 6.20 Å². The first-order chi connectivity index (χ1) is 10.1. The first kappa shape index (κ1) is 15.3. The van der Waals surface area contributed by atoms with Gasteiger partial charge in [-0.05, 0) is 50.2 Å². The SMILES string of the molecule is CNC(c1ccc(OC)cc1)c1cncc(OC(C)C)c1. The Labute approximate surface area is 126 Å². The third-order valence-electron chi connectivity index (χ3n) is 3.18. The lowest BCUT2D eigenvalue weighted by molar-refractivity contribution is 0.241. The van der Waals surface area contributed by atoms with E-state index in [4.69, 9.17) is 9.47 Å². The van der Waals surface area contributed by atoms with Crippen LogP contribution in [0.1, 0.15) is 31.0 Å². The first-order valence-electron chi connectivity index (χ1n) is 7.07. The summed E-state index contributed by atoms with van der Waals surface area (Å²) in [7, 11) is 3.60. The number of methoxy groups -OCH3 is 1. The highest BCUT2D eigenvalue weighted by atomic mass is 16.5. The number of hydrogen-bond acceptors (Lipinski definition) is 4. The zero-order chi connectivity index (χ0) is 15.2.